The monoisotopic (exact) mass is 409 g/mol. The van der Waals surface area contributed by atoms with Crippen molar-refractivity contribution in [3.8, 4) is 0 Å². The van der Waals surface area contributed by atoms with Crippen LogP contribution in [0.15, 0.2) is 53.6 Å². The van der Waals surface area contributed by atoms with E-state index in [1.54, 1.807) is 31.2 Å². The number of rotatable bonds is 4. The lowest BCUT2D eigenvalue weighted by molar-refractivity contribution is -0.384. The van der Waals surface area contributed by atoms with E-state index >= 15 is 0 Å². The summed E-state index contributed by atoms with van der Waals surface area (Å²) in [4.78, 5) is 22.2. The lowest BCUT2D eigenvalue weighted by Crippen LogP contribution is -2.20. The van der Waals surface area contributed by atoms with Gasteiger partial charge in [0.05, 0.1) is 16.2 Å². The second kappa shape index (κ2) is 7.12. The number of amides is 1. The summed E-state index contributed by atoms with van der Waals surface area (Å²) in [5.74, 6) is -0.300. The zero-order valence-electron chi connectivity index (χ0n) is 11.6. The number of nitrogens with one attached hydrogen (secondary N) is 1. The summed E-state index contributed by atoms with van der Waals surface area (Å²) < 4.78 is 0.834. The lowest BCUT2D eigenvalue weighted by Gasteiger charge is -2.04. The Kier molecular flexibility index (Phi) is 5.21. The van der Waals surface area contributed by atoms with Crippen LogP contribution >= 0.6 is 22.6 Å². The summed E-state index contributed by atoms with van der Waals surface area (Å²) in [6, 6.07) is 13.2. The van der Waals surface area contributed by atoms with E-state index in [1.807, 2.05) is 12.1 Å². The van der Waals surface area contributed by atoms with E-state index in [0.717, 1.165) is 3.57 Å². The molecular formula is C15H12IN3O3. The first-order valence-electron chi connectivity index (χ1n) is 6.33. The third kappa shape index (κ3) is 3.88. The molecule has 22 heavy (non-hydrogen) atoms. The number of carbonyl (C=O) groups excluding carboxylic acids is 1. The van der Waals surface area contributed by atoms with Gasteiger partial charge in [-0.05, 0) is 59.3 Å². The number of hydrogen-bond acceptors (Lipinski definition) is 4. The quantitative estimate of drug-likeness (QED) is 0.364. The highest BCUT2D eigenvalue weighted by atomic mass is 127. The number of hydrogen-bond donors (Lipinski definition) is 1. The topological polar surface area (TPSA) is 84.6 Å². The largest absolute Gasteiger partial charge is 0.272 e. The average molecular weight is 409 g/mol. The average Bonchev–Trinajstić information content (AvgIpc) is 2.52. The second-order valence-electron chi connectivity index (χ2n) is 4.42. The minimum Gasteiger partial charge on any atom is -0.267 e. The van der Waals surface area contributed by atoms with Crippen molar-refractivity contribution in [2.24, 2.45) is 5.10 Å². The molecule has 6 nitrogen and oxygen atoms in total. The number of carbonyl (C=O) groups is 1. The van der Waals surface area contributed by atoms with Crippen molar-refractivity contribution in [2.75, 3.05) is 0 Å². The molecule has 0 heterocycles. The van der Waals surface area contributed by atoms with Crippen molar-refractivity contribution in [1.29, 1.82) is 0 Å². The summed E-state index contributed by atoms with van der Waals surface area (Å²) in [5.41, 5.74) is 4.31. The Morgan fingerprint density at radius 2 is 1.82 bits per heavy atom. The first-order valence-corrected chi connectivity index (χ1v) is 7.41. The number of non-ortho nitro benzene ring substituents is 1. The normalized spacial score (nSPS) is 11.1. The van der Waals surface area contributed by atoms with Gasteiger partial charge in [-0.15, -0.1) is 0 Å². The van der Waals surface area contributed by atoms with Crippen molar-refractivity contribution >= 4 is 39.9 Å². The number of benzene rings is 2. The smallest absolute Gasteiger partial charge is 0.267 e. The van der Waals surface area contributed by atoms with E-state index in [4.69, 9.17) is 0 Å². The zero-order valence-corrected chi connectivity index (χ0v) is 13.8. The van der Waals surface area contributed by atoms with Crippen LogP contribution in [0, 0.1) is 13.7 Å². The van der Waals surface area contributed by atoms with Crippen LogP contribution in [0.25, 0.3) is 0 Å². The molecule has 0 atom stereocenters. The Bertz CT molecular complexity index is 742. The highest BCUT2D eigenvalue weighted by Gasteiger charge is 2.09. The first kappa shape index (κ1) is 16.1. The highest BCUT2D eigenvalue weighted by molar-refractivity contribution is 14.1. The van der Waals surface area contributed by atoms with Gasteiger partial charge < -0.3 is 0 Å². The van der Waals surface area contributed by atoms with Crippen molar-refractivity contribution in [3.63, 3.8) is 0 Å². The van der Waals surface area contributed by atoms with Gasteiger partial charge in [0, 0.05) is 15.7 Å². The SMILES string of the molecule is C/C(=N/NC(=O)c1ccccc1I)c1ccc([N+](=O)[O-])cc1. The fourth-order valence-electron chi connectivity index (χ4n) is 1.73. The van der Waals surface area contributed by atoms with Gasteiger partial charge in [-0.2, -0.15) is 5.10 Å². The zero-order chi connectivity index (χ0) is 16.1. The molecule has 0 aliphatic rings. The predicted octanol–water partition coefficient (Wildman–Crippen LogP) is 3.35. The Morgan fingerprint density at radius 3 is 2.41 bits per heavy atom. The van der Waals surface area contributed by atoms with Crippen LogP contribution in [0.2, 0.25) is 0 Å². The minimum absolute atomic E-state index is 0.0134. The van der Waals surface area contributed by atoms with E-state index in [-0.39, 0.29) is 11.6 Å². The van der Waals surface area contributed by atoms with Crippen LogP contribution in [-0.2, 0) is 0 Å². The Hall–Kier alpha value is -2.29. The van der Waals surface area contributed by atoms with E-state index in [9.17, 15) is 14.9 Å². The van der Waals surface area contributed by atoms with Crippen LogP contribution in [0.5, 0.6) is 0 Å². The summed E-state index contributed by atoms with van der Waals surface area (Å²) in [6.07, 6.45) is 0. The van der Waals surface area contributed by atoms with Gasteiger partial charge >= 0.3 is 0 Å². The van der Waals surface area contributed by atoms with Gasteiger partial charge in [0.2, 0.25) is 0 Å². The van der Waals surface area contributed by atoms with Crippen LogP contribution in [-0.4, -0.2) is 16.5 Å². The third-order valence-electron chi connectivity index (χ3n) is 2.94. The molecule has 0 aromatic heterocycles. The van der Waals surface area contributed by atoms with Crippen LogP contribution in [0.3, 0.4) is 0 Å². The molecular weight excluding hydrogens is 397 g/mol. The van der Waals surface area contributed by atoms with Gasteiger partial charge in [-0.1, -0.05) is 12.1 Å². The maximum absolute atomic E-state index is 12.0. The maximum Gasteiger partial charge on any atom is 0.272 e. The summed E-state index contributed by atoms with van der Waals surface area (Å²) in [7, 11) is 0. The predicted molar refractivity (Wildman–Crippen MR) is 91.9 cm³/mol. The maximum atomic E-state index is 12.0. The Labute approximate surface area is 140 Å². The molecule has 1 amide bonds. The molecule has 7 heteroatoms. The minimum atomic E-state index is -0.463. The summed E-state index contributed by atoms with van der Waals surface area (Å²) in [6.45, 7) is 1.72. The molecule has 0 saturated carbocycles. The van der Waals surface area contributed by atoms with Crippen LogP contribution < -0.4 is 5.43 Å². The van der Waals surface area contributed by atoms with Crippen molar-refractivity contribution in [1.82, 2.24) is 5.43 Å². The molecule has 0 fully saturated rings. The van der Waals surface area contributed by atoms with Crippen molar-refractivity contribution < 1.29 is 9.72 Å². The molecule has 1 N–H and O–H groups in total. The van der Waals surface area contributed by atoms with Gasteiger partial charge in [0.15, 0.2) is 0 Å². The fraction of sp³-hybridized carbons (Fsp3) is 0.0667. The molecule has 0 unspecified atom stereocenters. The van der Waals surface area contributed by atoms with Crippen molar-refractivity contribution in [2.45, 2.75) is 6.92 Å². The van der Waals surface area contributed by atoms with E-state index in [2.05, 4.69) is 33.1 Å². The van der Waals surface area contributed by atoms with Crippen molar-refractivity contribution in [3.05, 3.63) is 73.3 Å². The number of nitro groups is 1. The number of nitrogens with zero attached hydrogens (tertiary/aromatic N) is 2. The molecule has 0 aliphatic heterocycles. The molecule has 0 bridgehead atoms. The van der Waals surface area contributed by atoms with Gasteiger partial charge in [-0.25, -0.2) is 5.43 Å². The fourth-order valence-corrected chi connectivity index (χ4v) is 2.36. The Morgan fingerprint density at radius 1 is 1.18 bits per heavy atom. The molecule has 0 radical (unpaired) electrons. The molecule has 0 saturated heterocycles. The van der Waals surface area contributed by atoms with E-state index in [0.29, 0.717) is 16.8 Å². The summed E-state index contributed by atoms with van der Waals surface area (Å²) in [5, 5.41) is 14.6. The number of nitro benzene ring substituents is 1. The molecule has 2 aromatic rings. The third-order valence-corrected chi connectivity index (χ3v) is 3.88. The molecule has 112 valence electrons. The van der Waals surface area contributed by atoms with E-state index in [1.165, 1.54) is 12.1 Å². The van der Waals surface area contributed by atoms with Gasteiger partial charge in [-0.3, -0.25) is 14.9 Å². The first-order chi connectivity index (χ1) is 10.5. The highest BCUT2D eigenvalue weighted by Crippen LogP contribution is 2.13. The van der Waals surface area contributed by atoms with Crippen LogP contribution in [0.4, 0.5) is 5.69 Å². The second-order valence-corrected chi connectivity index (χ2v) is 5.58. The standard InChI is InChI=1S/C15H12IN3O3/c1-10(11-6-8-12(9-7-11)19(21)22)17-18-15(20)13-4-2-3-5-14(13)16/h2-9H,1H3,(H,18,20)/b17-10-. The van der Waals surface area contributed by atoms with Gasteiger partial charge in [0.1, 0.15) is 0 Å². The van der Waals surface area contributed by atoms with E-state index < -0.39 is 4.92 Å². The molecule has 2 aromatic carbocycles. The lowest BCUT2D eigenvalue weighted by atomic mass is 10.1. The summed E-state index contributed by atoms with van der Waals surface area (Å²) >= 11 is 2.08. The number of halogens is 1. The molecule has 0 aliphatic carbocycles. The Balaban J connectivity index is 2.11. The molecule has 0 spiro atoms. The molecule has 2 rings (SSSR count). The van der Waals surface area contributed by atoms with Crippen LogP contribution in [0.1, 0.15) is 22.8 Å². The number of hydrazone groups is 1. The van der Waals surface area contributed by atoms with Gasteiger partial charge in [0.25, 0.3) is 11.6 Å².